The topological polar surface area (TPSA) is 100 Å². The van der Waals surface area contributed by atoms with E-state index in [2.05, 4.69) is 15.0 Å². The molecule has 2 N–H and O–H groups in total. The smallest absolute Gasteiger partial charge is 0.360 e. The van der Waals surface area contributed by atoms with Gasteiger partial charge in [0.1, 0.15) is 0 Å². The summed E-state index contributed by atoms with van der Waals surface area (Å²) in [5.41, 5.74) is 7.44. The van der Waals surface area contributed by atoms with Crippen LogP contribution < -0.4 is 5.73 Å². The van der Waals surface area contributed by atoms with Gasteiger partial charge in [-0.1, -0.05) is 24.3 Å². The fourth-order valence-electron chi connectivity index (χ4n) is 2.06. The average Bonchev–Trinajstić information content (AvgIpc) is 2.89. The molecule has 0 unspecified atom stereocenters. The predicted octanol–water partition coefficient (Wildman–Crippen LogP) is 0.774. The second-order valence-electron chi connectivity index (χ2n) is 4.45. The maximum atomic E-state index is 11.6. The van der Waals surface area contributed by atoms with Crippen molar-refractivity contribution in [3.05, 3.63) is 46.8 Å². The van der Waals surface area contributed by atoms with Crippen molar-refractivity contribution < 1.29 is 14.3 Å². The van der Waals surface area contributed by atoms with Crippen molar-refractivity contribution in [1.82, 2.24) is 15.0 Å². The summed E-state index contributed by atoms with van der Waals surface area (Å²) >= 11 is 0. The van der Waals surface area contributed by atoms with Gasteiger partial charge in [0.25, 0.3) is 0 Å². The van der Waals surface area contributed by atoms with Gasteiger partial charge in [0.05, 0.1) is 19.3 Å². The van der Waals surface area contributed by atoms with E-state index >= 15 is 0 Å². The Bertz CT molecular complexity index is 679. The van der Waals surface area contributed by atoms with Gasteiger partial charge in [-0.2, -0.15) is 0 Å². The van der Waals surface area contributed by atoms with Gasteiger partial charge < -0.3 is 10.5 Å². The molecule has 0 saturated carbocycles. The van der Waals surface area contributed by atoms with Crippen LogP contribution in [0, 0.1) is 0 Å². The maximum Gasteiger partial charge on any atom is 0.360 e. The third kappa shape index (κ3) is 3.07. The second kappa shape index (κ2) is 6.17. The number of nitrogens with two attached hydrogens (primary N) is 1. The van der Waals surface area contributed by atoms with Crippen LogP contribution in [-0.4, -0.2) is 34.0 Å². The zero-order chi connectivity index (χ0) is 15.4. The van der Waals surface area contributed by atoms with E-state index in [0.717, 1.165) is 5.56 Å². The molecule has 1 aromatic carbocycles. The molecular formula is C14H16N4O3. The van der Waals surface area contributed by atoms with E-state index in [4.69, 9.17) is 5.73 Å². The van der Waals surface area contributed by atoms with Gasteiger partial charge in [-0.3, -0.25) is 4.79 Å². The molecule has 7 nitrogen and oxygen atoms in total. The molecule has 0 saturated heterocycles. The molecule has 2 aromatic rings. The van der Waals surface area contributed by atoms with E-state index < -0.39 is 11.9 Å². The Morgan fingerprint density at radius 1 is 1.38 bits per heavy atom. The van der Waals surface area contributed by atoms with Gasteiger partial charge >= 0.3 is 5.97 Å². The number of amides is 1. The van der Waals surface area contributed by atoms with Crippen LogP contribution in [-0.2, 0) is 17.7 Å². The fourth-order valence-corrected chi connectivity index (χ4v) is 2.06. The van der Waals surface area contributed by atoms with Crippen LogP contribution in [0.25, 0.3) is 0 Å². The molecule has 0 radical (unpaired) electrons. The Hall–Kier alpha value is -2.70. The fraction of sp³-hybridized carbons (Fsp3) is 0.286. The van der Waals surface area contributed by atoms with Gasteiger partial charge in [-0.05, 0) is 24.1 Å². The molecule has 0 aliphatic heterocycles. The molecule has 0 spiro atoms. The van der Waals surface area contributed by atoms with E-state index in [1.54, 1.807) is 22.9 Å². The number of primary amides is 1. The number of hydrogen-bond donors (Lipinski definition) is 1. The van der Waals surface area contributed by atoms with Crippen LogP contribution >= 0.6 is 0 Å². The van der Waals surface area contributed by atoms with Crippen molar-refractivity contribution in [2.75, 3.05) is 7.11 Å². The van der Waals surface area contributed by atoms with Crippen LogP contribution in [0.2, 0.25) is 0 Å². The maximum absolute atomic E-state index is 11.6. The number of carbonyl (C=O) groups excluding carboxylic acids is 2. The number of nitrogens with zero attached hydrogens (tertiary/aromatic N) is 3. The molecule has 110 valence electrons. The second-order valence-corrected chi connectivity index (χ2v) is 4.45. The van der Waals surface area contributed by atoms with E-state index in [0.29, 0.717) is 24.2 Å². The highest BCUT2D eigenvalue weighted by molar-refractivity contribution is 5.92. The number of benzene rings is 1. The highest BCUT2D eigenvalue weighted by atomic mass is 16.5. The molecule has 1 aromatic heterocycles. The average molecular weight is 288 g/mol. The number of methoxy groups -OCH3 is 1. The number of aromatic nitrogens is 3. The zero-order valence-corrected chi connectivity index (χ0v) is 11.9. The minimum absolute atomic E-state index is 0.214. The Morgan fingerprint density at radius 2 is 2.14 bits per heavy atom. The van der Waals surface area contributed by atoms with Crippen molar-refractivity contribution in [1.29, 1.82) is 0 Å². The number of ether oxygens (including phenoxy) is 1. The van der Waals surface area contributed by atoms with Crippen LogP contribution in [0.15, 0.2) is 24.3 Å². The molecule has 0 aliphatic rings. The summed E-state index contributed by atoms with van der Waals surface area (Å²) in [5.74, 6) is -0.995. The lowest BCUT2D eigenvalue weighted by Gasteiger charge is -2.06. The lowest BCUT2D eigenvalue weighted by molar-refractivity contribution is 0.0592. The minimum Gasteiger partial charge on any atom is -0.464 e. The third-order valence-electron chi connectivity index (χ3n) is 3.10. The van der Waals surface area contributed by atoms with Gasteiger partial charge in [0.15, 0.2) is 5.69 Å². The SMILES string of the molecule is CCc1c(C(=O)OC)nnn1Cc1cccc(C(N)=O)c1. The summed E-state index contributed by atoms with van der Waals surface area (Å²) in [6.07, 6.45) is 0.590. The summed E-state index contributed by atoms with van der Waals surface area (Å²) < 4.78 is 6.29. The first-order valence-corrected chi connectivity index (χ1v) is 6.46. The summed E-state index contributed by atoms with van der Waals surface area (Å²) in [7, 11) is 1.30. The zero-order valence-electron chi connectivity index (χ0n) is 11.9. The van der Waals surface area contributed by atoms with E-state index in [1.807, 2.05) is 13.0 Å². The molecule has 0 fully saturated rings. The molecule has 2 rings (SSSR count). The standard InChI is InChI=1S/C14H16N4O3/c1-3-11-12(14(20)21-2)16-17-18(11)8-9-5-4-6-10(7-9)13(15)19/h4-7H,3,8H2,1-2H3,(H2,15,19). The van der Waals surface area contributed by atoms with Crippen LogP contribution in [0.5, 0.6) is 0 Å². The number of carbonyl (C=O) groups is 2. The Labute approximate surface area is 121 Å². The van der Waals surface area contributed by atoms with E-state index in [1.165, 1.54) is 7.11 Å². The molecule has 0 aliphatic carbocycles. The summed E-state index contributed by atoms with van der Waals surface area (Å²) in [4.78, 5) is 22.8. The molecule has 21 heavy (non-hydrogen) atoms. The van der Waals surface area contributed by atoms with Gasteiger partial charge in [-0.15, -0.1) is 5.10 Å². The first-order valence-electron chi connectivity index (χ1n) is 6.46. The molecular weight excluding hydrogens is 272 g/mol. The molecule has 1 amide bonds. The molecule has 0 atom stereocenters. The summed E-state index contributed by atoms with van der Waals surface area (Å²) in [5, 5.41) is 7.83. The van der Waals surface area contributed by atoms with Crippen molar-refractivity contribution in [2.45, 2.75) is 19.9 Å². The van der Waals surface area contributed by atoms with Gasteiger partial charge in [0, 0.05) is 5.56 Å². The van der Waals surface area contributed by atoms with Crippen molar-refractivity contribution in [3.8, 4) is 0 Å². The highest BCUT2D eigenvalue weighted by Crippen LogP contribution is 2.12. The number of esters is 1. The van der Waals surface area contributed by atoms with Crippen molar-refractivity contribution >= 4 is 11.9 Å². The minimum atomic E-state index is -0.510. The predicted molar refractivity (Wildman–Crippen MR) is 74.8 cm³/mol. The Balaban J connectivity index is 2.31. The summed E-state index contributed by atoms with van der Waals surface area (Å²) in [6, 6.07) is 6.94. The molecule has 7 heteroatoms. The third-order valence-corrected chi connectivity index (χ3v) is 3.10. The summed E-state index contributed by atoms with van der Waals surface area (Å²) in [6.45, 7) is 2.30. The lowest BCUT2D eigenvalue weighted by Crippen LogP contribution is -2.13. The highest BCUT2D eigenvalue weighted by Gasteiger charge is 2.19. The van der Waals surface area contributed by atoms with Crippen molar-refractivity contribution in [2.24, 2.45) is 5.73 Å². The molecule has 0 bridgehead atoms. The van der Waals surface area contributed by atoms with Gasteiger partial charge in [-0.25, -0.2) is 9.48 Å². The lowest BCUT2D eigenvalue weighted by atomic mass is 10.1. The monoisotopic (exact) mass is 288 g/mol. The van der Waals surface area contributed by atoms with Crippen LogP contribution in [0.3, 0.4) is 0 Å². The van der Waals surface area contributed by atoms with Crippen LogP contribution in [0.1, 0.15) is 39.0 Å². The Kier molecular flexibility index (Phi) is 4.32. The Morgan fingerprint density at radius 3 is 2.76 bits per heavy atom. The van der Waals surface area contributed by atoms with E-state index in [-0.39, 0.29) is 5.69 Å². The first-order chi connectivity index (χ1) is 10.1. The van der Waals surface area contributed by atoms with Crippen LogP contribution in [0.4, 0.5) is 0 Å². The largest absolute Gasteiger partial charge is 0.464 e. The van der Waals surface area contributed by atoms with Crippen molar-refractivity contribution in [3.63, 3.8) is 0 Å². The number of hydrogen-bond acceptors (Lipinski definition) is 5. The van der Waals surface area contributed by atoms with E-state index in [9.17, 15) is 9.59 Å². The normalized spacial score (nSPS) is 10.4. The quantitative estimate of drug-likeness (QED) is 0.819. The van der Waals surface area contributed by atoms with Gasteiger partial charge in [0.2, 0.25) is 5.91 Å². The number of rotatable bonds is 5. The first kappa shape index (κ1) is 14.7. The molecule has 1 heterocycles.